The molecular formula is C35H32O8. The van der Waals surface area contributed by atoms with E-state index in [-0.39, 0.29) is 38.0 Å². The minimum atomic E-state index is -0.302. The van der Waals surface area contributed by atoms with Gasteiger partial charge >= 0.3 is 11.9 Å². The van der Waals surface area contributed by atoms with Gasteiger partial charge in [-0.05, 0) is 64.1 Å². The van der Waals surface area contributed by atoms with Gasteiger partial charge in [-0.3, -0.25) is 19.2 Å². The molecule has 43 heavy (non-hydrogen) atoms. The number of hydrogen-bond donors (Lipinski definition) is 0. The molecule has 0 amide bonds. The Morgan fingerprint density at radius 3 is 1.23 bits per heavy atom. The minimum absolute atomic E-state index is 0.202. The van der Waals surface area contributed by atoms with Crippen LogP contribution in [-0.2, 0) is 51.5 Å². The van der Waals surface area contributed by atoms with Gasteiger partial charge in [-0.2, -0.15) is 0 Å². The molecule has 0 atom stereocenters. The van der Waals surface area contributed by atoms with Gasteiger partial charge in [0.25, 0.3) is 0 Å². The topological polar surface area (TPSA) is 105 Å². The average Bonchev–Trinajstić information content (AvgIpc) is 3.04. The van der Waals surface area contributed by atoms with E-state index >= 15 is 0 Å². The van der Waals surface area contributed by atoms with Crippen LogP contribution in [0.3, 0.4) is 0 Å². The first-order valence-corrected chi connectivity index (χ1v) is 13.6. The second-order valence-electron chi connectivity index (χ2n) is 9.87. The van der Waals surface area contributed by atoms with Crippen LogP contribution in [0, 0.1) is 0 Å². The quantitative estimate of drug-likeness (QED) is 0.142. The summed E-state index contributed by atoms with van der Waals surface area (Å²) in [5.74, 6) is 0.327. The lowest BCUT2D eigenvalue weighted by molar-refractivity contribution is -0.140. The Hall–Kier alpha value is -5.24. The number of esters is 2. The maximum Gasteiger partial charge on any atom is 0.309 e. The highest BCUT2D eigenvalue weighted by molar-refractivity contribution is 5.80. The molecule has 8 nitrogen and oxygen atoms in total. The number of methoxy groups -OCH3 is 2. The van der Waals surface area contributed by atoms with E-state index in [0.29, 0.717) is 29.0 Å². The van der Waals surface area contributed by atoms with Crippen molar-refractivity contribution >= 4 is 24.5 Å². The summed E-state index contributed by atoms with van der Waals surface area (Å²) in [6.45, 7) is 0.529. The normalized spacial score (nSPS) is 10.5. The summed E-state index contributed by atoms with van der Waals surface area (Å²) < 4.78 is 21.2. The van der Waals surface area contributed by atoms with Crippen LogP contribution >= 0.6 is 0 Å². The van der Waals surface area contributed by atoms with Gasteiger partial charge in [0.15, 0.2) is 12.6 Å². The van der Waals surface area contributed by atoms with Crippen LogP contribution in [-0.4, -0.2) is 38.7 Å². The van der Waals surface area contributed by atoms with E-state index in [1.165, 1.54) is 14.2 Å². The zero-order chi connectivity index (χ0) is 30.6. The molecule has 4 aromatic rings. The lowest BCUT2D eigenvalue weighted by Gasteiger charge is -2.12. The molecule has 0 spiro atoms. The number of carbonyl (C=O) groups is 4. The number of benzene rings is 4. The first-order valence-electron chi connectivity index (χ1n) is 13.6. The molecule has 0 N–H and O–H groups in total. The van der Waals surface area contributed by atoms with Crippen molar-refractivity contribution in [1.82, 2.24) is 0 Å². The summed E-state index contributed by atoms with van der Waals surface area (Å²) >= 11 is 0. The molecule has 0 heterocycles. The van der Waals surface area contributed by atoms with Gasteiger partial charge in [-0.25, -0.2) is 0 Å². The zero-order valence-corrected chi connectivity index (χ0v) is 24.0. The van der Waals surface area contributed by atoms with E-state index in [0.717, 1.165) is 46.0 Å². The number of aldehydes is 2. The summed E-state index contributed by atoms with van der Waals surface area (Å²) in [6, 6.07) is 25.7. The highest BCUT2D eigenvalue weighted by atomic mass is 16.5. The molecule has 0 saturated heterocycles. The lowest BCUT2D eigenvalue weighted by Crippen LogP contribution is -2.05. The van der Waals surface area contributed by atoms with Crippen molar-refractivity contribution in [2.24, 2.45) is 0 Å². The largest absolute Gasteiger partial charge is 0.488 e. The van der Waals surface area contributed by atoms with E-state index in [2.05, 4.69) is 9.47 Å². The van der Waals surface area contributed by atoms with E-state index in [1.54, 1.807) is 24.3 Å². The van der Waals surface area contributed by atoms with Gasteiger partial charge in [0.1, 0.15) is 24.7 Å². The van der Waals surface area contributed by atoms with Crippen LogP contribution in [0.1, 0.15) is 54.1 Å². The second-order valence-corrected chi connectivity index (χ2v) is 9.87. The molecule has 0 saturated carbocycles. The SMILES string of the molecule is COC(=O)Cc1ccc(COc2ccc(Cc3ccc(OCc4ccc(CC(=O)OC)cc4)c(C=O)c3)cc2C=O)cc1. The fourth-order valence-corrected chi connectivity index (χ4v) is 4.41. The van der Waals surface area contributed by atoms with Gasteiger partial charge < -0.3 is 18.9 Å². The molecule has 0 aromatic heterocycles. The van der Waals surface area contributed by atoms with Gasteiger partial charge in [0.2, 0.25) is 0 Å². The molecular weight excluding hydrogens is 548 g/mol. The molecule has 220 valence electrons. The van der Waals surface area contributed by atoms with Gasteiger partial charge in [0.05, 0.1) is 38.2 Å². The molecule has 0 aliphatic carbocycles. The Morgan fingerprint density at radius 2 is 0.884 bits per heavy atom. The third-order valence-electron chi connectivity index (χ3n) is 6.80. The van der Waals surface area contributed by atoms with Crippen LogP contribution in [0.5, 0.6) is 11.5 Å². The Labute approximate surface area is 250 Å². The summed E-state index contributed by atoms with van der Waals surface area (Å²) in [5, 5.41) is 0. The number of carbonyl (C=O) groups excluding carboxylic acids is 4. The Balaban J connectivity index is 1.35. The highest BCUT2D eigenvalue weighted by Crippen LogP contribution is 2.25. The lowest BCUT2D eigenvalue weighted by atomic mass is 10.0. The van der Waals surface area contributed by atoms with Crippen molar-refractivity contribution in [3.63, 3.8) is 0 Å². The molecule has 8 heteroatoms. The maximum absolute atomic E-state index is 11.8. The molecule has 0 bridgehead atoms. The van der Waals surface area contributed by atoms with Crippen molar-refractivity contribution in [3.05, 3.63) is 129 Å². The highest BCUT2D eigenvalue weighted by Gasteiger charge is 2.10. The standard InChI is InChI=1S/C35H32O8/c1-40-34(38)18-24-3-7-26(8-4-24)22-42-32-13-11-28(16-30(32)20-36)15-29-12-14-33(31(17-29)21-37)43-23-27-9-5-25(6-10-27)19-35(39)41-2/h3-14,16-17,20-21H,15,18-19,22-23H2,1-2H3. The van der Waals surface area contributed by atoms with Crippen LogP contribution in [0.25, 0.3) is 0 Å². The van der Waals surface area contributed by atoms with Crippen LogP contribution < -0.4 is 9.47 Å². The molecule has 0 aliphatic heterocycles. The van der Waals surface area contributed by atoms with Crippen molar-refractivity contribution in [1.29, 1.82) is 0 Å². The predicted molar refractivity (Wildman–Crippen MR) is 159 cm³/mol. The summed E-state index contributed by atoms with van der Waals surface area (Å²) in [7, 11) is 2.71. The van der Waals surface area contributed by atoms with Crippen molar-refractivity contribution in [3.8, 4) is 11.5 Å². The number of hydrogen-bond acceptors (Lipinski definition) is 8. The minimum Gasteiger partial charge on any atom is -0.488 e. The summed E-state index contributed by atoms with van der Waals surface area (Å²) in [6.07, 6.45) is 2.43. The monoisotopic (exact) mass is 580 g/mol. The third kappa shape index (κ3) is 8.87. The Bertz CT molecular complexity index is 1450. The van der Waals surface area contributed by atoms with E-state index in [4.69, 9.17) is 9.47 Å². The van der Waals surface area contributed by atoms with Crippen molar-refractivity contribution in [2.75, 3.05) is 14.2 Å². The van der Waals surface area contributed by atoms with E-state index < -0.39 is 0 Å². The third-order valence-corrected chi connectivity index (χ3v) is 6.80. The van der Waals surface area contributed by atoms with E-state index in [1.807, 2.05) is 60.7 Å². The molecule has 0 fully saturated rings. The molecule has 4 aromatic carbocycles. The van der Waals surface area contributed by atoms with Crippen molar-refractivity contribution < 1.29 is 38.1 Å². The first kappa shape index (κ1) is 30.7. The van der Waals surface area contributed by atoms with Gasteiger partial charge in [-0.1, -0.05) is 60.7 Å². The molecule has 4 rings (SSSR count). The van der Waals surface area contributed by atoms with Gasteiger partial charge in [-0.15, -0.1) is 0 Å². The summed E-state index contributed by atoms with van der Waals surface area (Å²) in [4.78, 5) is 46.5. The van der Waals surface area contributed by atoms with E-state index in [9.17, 15) is 19.2 Å². The number of rotatable bonds is 14. The molecule has 0 radical (unpaired) electrons. The molecule has 0 aliphatic rings. The first-order chi connectivity index (χ1) is 20.9. The van der Waals surface area contributed by atoms with Crippen LogP contribution in [0.15, 0.2) is 84.9 Å². The van der Waals surface area contributed by atoms with Gasteiger partial charge in [0, 0.05) is 0 Å². The fourth-order valence-electron chi connectivity index (χ4n) is 4.41. The number of ether oxygens (including phenoxy) is 4. The maximum atomic E-state index is 11.8. The van der Waals surface area contributed by atoms with Crippen molar-refractivity contribution in [2.45, 2.75) is 32.5 Å². The fraction of sp³-hybridized carbons (Fsp3) is 0.200. The Morgan fingerprint density at radius 1 is 0.535 bits per heavy atom. The Kier molecular flexibility index (Phi) is 10.8. The smallest absolute Gasteiger partial charge is 0.309 e. The predicted octanol–water partition coefficient (Wildman–Crippen LogP) is 5.49. The summed E-state index contributed by atoms with van der Waals surface area (Å²) in [5.41, 5.74) is 6.10. The van der Waals surface area contributed by atoms with Crippen LogP contribution in [0.2, 0.25) is 0 Å². The zero-order valence-electron chi connectivity index (χ0n) is 24.0. The van der Waals surface area contributed by atoms with Crippen LogP contribution in [0.4, 0.5) is 0 Å². The molecule has 0 unspecified atom stereocenters. The second kappa shape index (κ2) is 15.1. The average molecular weight is 581 g/mol.